The maximum Gasteiger partial charge on any atom is 0.228 e. The van der Waals surface area contributed by atoms with Gasteiger partial charge in [0.2, 0.25) is 5.95 Å². The topological polar surface area (TPSA) is 44.3 Å². The van der Waals surface area contributed by atoms with Crippen molar-refractivity contribution in [2.45, 2.75) is 17.7 Å². The second kappa shape index (κ2) is 7.90. The fourth-order valence-electron chi connectivity index (χ4n) is 2.42. The Morgan fingerprint density at radius 2 is 1.91 bits per heavy atom. The molecule has 0 radical (unpaired) electrons. The first-order chi connectivity index (χ1) is 10.2. The van der Waals surface area contributed by atoms with Gasteiger partial charge < -0.3 is 15.1 Å². The van der Waals surface area contributed by atoms with Gasteiger partial charge in [0.1, 0.15) is 11.0 Å². The number of aromatic nitrogens is 2. The Kier molecular flexibility index (Phi) is 6.44. The zero-order valence-electron chi connectivity index (χ0n) is 13.0. The van der Waals surface area contributed by atoms with Crippen molar-refractivity contribution in [3.63, 3.8) is 0 Å². The molecule has 2 aliphatic rings. The van der Waals surface area contributed by atoms with E-state index < -0.39 is 0 Å². The summed E-state index contributed by atoms with van der Waals surface area (Å²) in [6.07, 6.45) is 4.67. The number of halogens is 2. The third kappa shape index (κ3) is 4.31. The van der Waals surface area contributed by atoms with Gasteiger partial charge in [0.05, 0.1) is 4.90 Å². The molecule has 1 aromatic rings. The van der Waals surface area contributed by atoms with E-state index in [2.05, 4.69) is 27.1 Å². The Hall–Kier alpha value is -0.430. The maximum absolute atomic E-state index is 6.36. The van der Waals surface area contributed by atoms with Crippen LogP contribution in [0, 0.1) is 5.92 Å². The van der Waals surface area contributed by atoms with Gasteiger partial charge in [0.15, 0.2) is 0 Å². The molecule has 22 heavy (non-hydrogen) atoms. The van der Waals surface area contributed by atoms with Crippen LogP contribution in [0.15, 0.2) is 4.90 Å². The van der Waals surface area contributed by atoms with Crippen LogP contribution in [0.25, 0.3) is 0 Å². The maximum atomic E-state index is 6.36. The molecule has 1 saturated heterocycles. The Bertz CT molecular complexity index is 504. The van der Waals surface area contributed by atoms with Crippen molar-refractivity contribution in [2.24, 2.45) is 5.92 Å². The summed E-state index contributed by atoms with van der Waals surface area (Å²) < 4.78 is 0. The quantitative estimate of drug-likeness (QED) is 0.640. The third-order valence-electron chi connectivity index (χ3n) is 4.06. The van der Waals surface area contributed by atoms with Gasteiger partial charge in [0, 0.05) is 32.7 Å². The number of hydrogen-bond acceptors (Lipinski definition) is 6. The lowest BCUT2D eigenvalue weighted by Gasteiger charge is -2.32. The van der Waals surface area contributed by atoms with E-state index in [9.17, 15) is 0 Å². The average Bonchev–Trinajstić information content (AvgIpc) is 3.29. The SMILES string of the molecule is CSc1c(Cl)nc(N2CCN(C)CC2)nc1NCC1CC1.Cl. The Morgan fingerprint density at radius 3 is 2.50 bits per heavy atom. The molecule has 2 heterocycles. The van der Waals surface area contributed by atoms with Crippen LogP contribution >= 0.6 is 35.8 Å². The number of nitrogens with one attached hydrogen (secondary N) is 1. The molecule has 0 bridgehead atoms. The molecule has 1 N–H and O–H groups in total. The Balaban J connectivity index is 0.00000176. The van der Waals surface area contributed by atoms with Crippen molar-refractivity contribution < 1.29 is 0 Å². The van der Waals surface area contributed by atoms with E-state index in [-0.39, 0.29) is 12.4 Å². The monoisotopic (exact) mass is 363 g/mol. The van der Waals surface area contributed by atoms with E-state index in [0.717, 1.165) is 55.3 Å². The lowest BCUT2D eigenvalue weighted by molar-refractivity contribution is 0.311. The molecule has 0 unspecified atom stereocenters. The van der Waals surface area contributed by atoms with Gasteiger partial charge in [-0.15, -0.1) is 24.2 Å². The van der Waals surface area contributed by atoms with Gasteiger partial charge in [-0.25, -0.2) is 0 Å². The summed E-state index contributed by atoms with van der Waals surface area (Å²) in [6.45, 7) is 4.97. The third-order valence-corrected chi connectivity index (χ3v) is 5.24. The molecule has 0 atom stereocenters. The highest BCUT2D eigenvalue weighted by Gasteiger charge is 2.23. The molecular weight excluding hydrogens is 341 g/mol. The minimum absolute atomic E-state index is 0. The van der Waals surface area contributed by atoms with Crippen molar-refractivity contribution in [2.75, 3.05) is 56.2 Å². The Labute approximate surface area is 147 Å². The zero-order valence-corrected chi connectivity index (χ0v) is 15.4. The predicted molar refractivity (Wildman–Crippen MR) is 97.0 cm³/mol. The summed E-state index contributed by atoms with van der Waals surface area (Å²) in [5, 5.41) is 4.02. The minimum atomic E-state index is 0. The summed E-state index contributed by atoms with van der Waals surface area (Å²) in [5.74, 6) is 2.45. The van der Waals surface area contributed by atoms with Crippen LogP contribution in [0.2, 0.25) is 5.15 Å². The summed E-state index contributed by atoms with van der Waals surface area (Å²) in [6, 6.07) is 0. The van der Waals surface area contributed by atoms with Crippen LogP contribution in [0.1, 0.15) is 12.8 Å². The fraction of sp³-hybridized carbons (Fsp3) is 0.714. The molecule has 1 aliphatic carbocycles. The fourth-order valence-corrected chi connectivity index (χ4v) is 3.35. The summed E-state index contributed by atoms with van der Waals surface area (Å²) >= 11 is 7.97. The molecule has 0 aromatic carbocycles. The minimum Gasteiger partial charge on any atom is -0.369 e. The second-order valence-corrected chi connectivity index (χ2v) is 6.99. The molecule has 0 amide bonds. The predicted octanol–water partition coefficient (Wildman–Crippen LogP) is 2.85. The first-order valence-electron chi connectivity index (χ1n) is 7.46. The lowest BCUT2D eigenvalue weighted by atomic mass is 10.3. The number of thioether (sulfide) groups is 1. The molecule has 124 valence electrons. The van der Waals surface area contributed by atoms with E-state index >= 15 is 0 Å². The lowest BCUT2D eigenvalue weighted by Crippen LogP contribution is -2.45. The molecule has 1 saturated carbocycles. The van der Waals surface area contributed by atoms with Gasteiger partial charge in [-0.3, -0.25) is 0 Å². The molecule has 0 spiro atoms. The van der Waals surface area contributed by atoms with E-state index in [4.69, 9.17) is 16.6 Å². The van der Waals surface area contributed by atoms with Crippen LogP contribution < -0.4 is 10.2 Å². The molecular formula is C14H23Cl2N5S. The van der Waals surface area contributed by atoms with Crippen molar-refractivity contribution in [3.8, 4) is 0 Å². The number of hydrogen-bond donors (Lipinski definition) is 1. The van der Waals surface area contributed by atoms with Gasteiger partial charge in [-0.1, -0.05) is 11.6 Å². The number of nitrogens with zero attached hydrogens (tertiary/aromatic N) is 4. The molecule has 1 aliphatic heterocycles. The van der Waals surface area contributed by atoms with E-state index in [1.165, 1.54) is 12.8 Å². The Morgan fingerprint density at radius 1 is 1.23 bits per heavy atom. The number of piperazine rings is 1. The largest absolute Gasteiger partial charge is 0.369 e. The van der Waals surface area contributed by atoms with Gasteiger partial charge in [0.25, 0.3) is 0 Å². The smallest absolute Gasteiger partial charge is 0.228 e. The molecule has 5 nitrogen and oxygen atoms in total. The zero-order chi connectivity index (χ0) is 14.8. The van der Waals surface area contributed by atoms with Crippen LogP contribution in [0.3, 0.4) is 0 Å². The van der Waals surface area contributed by atoms with Crippen LogP contribution in [-0.4, -0.2) is 60.9 Å². The van der Waals surface area contributed by atoms with Crippen molar-refractivity contribution in [3.05, 3.63) is 5.15 Å². The number of anilines is 2. The molecule has 1 aromatic heterocycles. The van der Waals surface area contributed by atoms with E-state index in [1.807, 2.05) is 6.26 Å². The average molecular weight is 364 g/mol. The molecule has 8 heteroatoms. The van der Waals surface area contributed by atoms with Crippen molar-refractivity contribution >= 4 is 47.5 Å². The summed E-state index contributed by atoms with van der Waals surface area (Å²) in [7, 11) is 2.14. The highest BCUT2D eigenvalue weighted by molar-refractivity contribution is 7.98. The first-order valence-corrected chi connectivity index (χ1v) is 9.06. The van der Waals surface area contributed by atoms with Gasteiger partial charge in [-0.2, -0.15) is 9.97 Å². The molecule has 3 rings (SSSR count). The number of likely N-dealkylation sites (N-methyl/N-ethyl adjacent to an activating group) is 1. The van der Waals surface area contributed by atoms with Crippen LogP contribution in [0.5, 0.6) is 0 Å². The van der Waals surface area contributed by atoms with Crippen molar-refractivity contribution in [1.29, 1.82) is 0 Å². The number of rotatable bonds is 5. The van der Waals surface area contributed by atoms with Crippen LogP contribution in [0.4, 0.5) is 11.8 Å². The standard InChI is InChI=1S/C14H22ClN5S.ClH/c1-19-5-7-20(8-6-19)14-17-12(15)11(21-2)13(18-14)16-9-10-3-4-10;/h10H,3-9H2,1-2H3,(H,16,17,18);1H. The highest BCUT2D eigenvalue weighted by atomic mass is 35.5. The van der Waals surface area contributed by atoms with E-state index in [1.54, 1.807) is 11.8 Å². The van der Waals surface area contributed by atoms with Crippen LogP contribution in [-0.2, 0) is 0 Å². The van der Waals surface area contributed by atoms with Gasteiger partial charge in [-0.05, 0) is 32.1 Å². The van der Waals surface area contributed by atoms with E-state index in [0.29, 0.717) is 5.15 Å². The first kappa shape index (κ1) is 17.9. The molecule has 2 fully saturated rings. The summed E-state index contributed by atoms with van der Waals surface area (Å²) in [5.41, 5.74) is 0. The second-order valence-electron chi connectivity index (χ2n) is 5.81. The normalized spacial score (nSPS) is 19.0. The van der Waals surface area contributed by atoms with Crippen molar-refractivity contribution in [1.82, 2.24) is 14.9 Å². The highest BCUT2D eigenvalue weighted by Crippen LogP contribution is 2.34. The van der Waals surface area contributed by atoms with Gasteiger partial charge >= 0.3 is 0 Å². The summed E-state index contributed by atoms with van der Waals surface area (Å²) in [4.78, 5) is 14.7.